The van der Waals surface area contributed by atoms with E-state index in [1.165, 1.54) is 0 Å². The van der Waals surface area contributed by atoms with Crippen LogP contribution in [0.25, 0.3) is 27.6 Å². The number of carbonyl (C=O) groups is 1. The number of hydrogen-bond acceptors (Lipinski definition) is 7. The molecule has 0 N–H and O–H groups in total. The van der Waals surface area contributed by atoms with E-state index in [-0.39, 0.29) is 6.09 Å². The van der Waals surface area contributed by atoms with Crippen LogP contribution in [0.4, 0.5) is 4.79 Å². The molecule has 0 aromatic carbocycles. The standard InChI is InChI=1S/C18H20N8O2/c1-18(2,3)28-17(27)24-7-5-13-20-14-15(25(13)9-8-24)11-4-6-19-10-12(11)26-16(14)21-22-23-26/h4,6,10H,5,7-9H2,1-3H3. The second-order valence-electron chi connectivity index (χ2n) is 7.90. The van der Waals surface area contributed by atoms with Crippen molar-refractivity contribution in [3.63, 3.8) is 0 Å². The Bertz CT molecular complexity index is 1220. The second kappa shape index (κ2) is 5.85. The van der Waals surface area contributed by atoms with Crippen molar-refractivity contribution < 1.29 is 9.53 Å². The molecule has 0 saturated carbocycles. The summed E-state index contributed by atoms with van der Waals surface area (Å²) < 4.78 is 9.37. The van der Waals surface area contributed by atoms with E-state index in [0.717, 1.165) is 27.8 Å². The lowest BCUT2D eigenvalue weighted by Crippen LogP contribution is -2.38. The summed E-state index contributed by atoms with van der Waals surface area (Å²) in [6.07, 6.45) is 3.85. The third-order valence-electron chi connectivity index (χ3n) is 4.86. The molecule has 144 valence electrons. The van der Waals surface area contributed by atoms with Gasteiger partial charge in [-0.3, -0.25) is 4.98 Å². The van der Waals surface area contributed by atoms with Crippen molar-refractivity contribution in [3.05, 3.63) is 24.3 Å². The number of nitrogens with zero attached hydrogens (tertiary/aromatic N) is 8. The lowest BCUT2D eigenvalue weighted by Gasteiger charge is -2.26. The van der Waals surface area contributed by atoms with E-state index >= 15 is 0 Å². The Morgan fingerprint density at radius 3 is 2.89 bits per heavy atom. The van der Waals surface area contributed by atoms with Gasteiger partial charge in [0, 0.05) is 37.6 Å². The second-order valence-corrected chi connectivity index (χ2v) is 7.90. The zero-order chi connectivity index (χ0) is 19.5. The smallest absolute Gasteiger partial charge is 0.410 e. The number of fused-ring (bicyclic) bond motifs is 8. The van der Waals surface area contributed by atoms with Crippen LogP contribution in [0, 0.1) is 0 Å². The molecule has 4 aromatic heterocycles. The van der Waals surface area contributed by atoms with Gasteiger partial charge < -0.3 is 14.2 Å². The van der Waals surface area contributed by atoms with Crippen molar-refractivity contribution in [2.75, 3.05) is 13.1 Å². The number of amides is 1. The summed E-state index contributed by atoms with van der Waals surface area (Å²) in [5.74, 6) is 0.912. The molecule has 0 saturated heterocycles. The van der Waals surface area contributed by atoms with Gasteiger partial charge in [-0.2, -0.15) is 4.52 Å². The van der Waals surface area contributed by atoms with Crippen molar-refractivity contribution in [2.45, 2.75) is 39.3 Å². The summed E-state index contributed by atoms with van der Waals surface area (Å²) in [5.41, 5.74) is 2.66. The van der Waals surface area contributed by atoms with E-state index in [2.05, 4.69) is 25.1 Å². The molecule has 0 radical (unpaired) electrons. The third kappa shape index (κ3) is 2.55. The predicted octanol–water partition coefficient (Wildman–Crippen LogP) is 1.82. The zero-order valence-electron chi connectivity index (χ0n) is 16.0. The first-order chi connectivity index (χ1) is 13.4. The number of rotatable bonds is 0. The highest BCUT2D eigenvalue weighted by atomic mass is 16.6. The molecule has 0 spiro atoms. The van der Waals surface area contributed by atoms with E-state index in [1.54, 1.807) is 21.8 Å². The van der Waals surface area contributed by atoms with Gasteiger partial charge in [0.25, 0.3) is 0 Å². The van der Waals surface area contributed by atoms with Gasteiger partial charge in [0.15, 0.2) is 0 Å². The lowest BCUT2D eigenvalue weighted by molar-refractivity contribution is 0.0254. The zero-order valence-corrected chi connectivity index (χ0v) is 16.0. The van der Waals surface area contributed by atoms with E-state index in [1.807, 2.05) is 26.8 Å². The predicted molar refractivity (Wildman–Crippen MR) is 101 cm³/mol. The number of imidazole rings is 1. The summed E-state index contributed by atoms with van der Waals surface area (Å²) in [5, 5.41) is 13.0. The van der Waals surface area contributed by atoms with Gasteiger partial charge in [-0.05, 0) is 37.3 Å². The molecule has 1 aliphatic rings. The first-order valence-electron chi connectivity index (χ1n) is 9.23. The molecule has 10 nitrogen and oxygen atoms in total. The van der Waals surface area contributed by atoms with E-state index in [4.69, 9.17) is 9.72 Å². The van der Waals surface area contributed by atoms with Crippen LogP contribution >= 0.6 is 0 Å². The quantitative estimate of drug-likeness (QED) is 0.458. The molecule has 1 aliphatic heterocycles. The molecule has 10 heteroatoms. The number of hydrogen-bond donors (Lipinski definition) is 0. The molecule has 5 heterocycles. The Hall–Kier alpha value is -3.30. The van der Waals surface area contributed by atoms with Gasteiger partial charge in [0.05, 0.1) is 17.2 Å². The molecule has 0 bridgehead atoms. The minimum Gasteiger partial charge on any atom is -0.444 e. The normalized spacial score (nSPS) is 15.2. The number of aromatic nitrogens is 7. The van der Waals surface area contributed by atoms with Crippen LogP contribution in [-0.2, 0) is 17.7 Å². The Balaban J connectivity index is 1.61. The highest BCUT2D eigenvalue weighted by Gasteiger charge is 2.27. The summed E-state index contributed by atoms with van der Waals surface area (Å²) in [6, 6.07) is 1.95. The molecular weight excluding hydrogens is 360 g/mol. The van der Waals surface area contributed by atoms with Crippen LogP contribution in [0.2, 0.25) is 0 Å². The Kier molecular flexibility index (Phi) is 3.52. The molecule has 28 heavy (non-hydrogen) atoms. The average molecular weight is 380 g/mol. The van der Waals surface area contributed by atoms with Crippen molar-refractivity contribution >= 4 is 33.7 Å². The largest absolute Gasteiger partial charge is 0.444 e. The van der Waals surface area contributed by atoms with E-state index < -0.39 is 5.60 Å². The van der Waals surface area contributed by atoms with E-state index in [0.29, 0.717) is 31.7 Å². The maximum absolute atomic E-state index is 12.5. The monoisotopic (exact) mass is 380 g/mol. The summed E-state index contributed by atoms with van der Waals surface area (Å²) >= 11 is 0. The summed E-state index contributed by atoms with van der Waals surface area (Å²) in [7, 11) is 0. The van der Waals surface area contributed by atoms with Crippen LogP contribution in [0.5, 0.6) is 0 Å². The molecular formula is C18H20N8O2. The summed E-state index contributed by atoms with van der Waals surface area (Å²) in [4.78, 5) is 23.3. The van der Waals surface area contributed by atoms with Gasteiger partial charge >= 0.3 is 6.09 Å². The molecule has 0 unspecified atom stereocenters. The first kappa shape index (κ1) is 16.8. The molecule has 0 aliphatic carbocycles. The van der Waals surface area contributed by atoms with Crippen molar-refractivity contribution in [3.8, 4) is 0 Å². The Labute approximate surface area is 160 Å². The molecule has 5 rings (SSSR count). The molecule has 4 aromatic rings. The van der Waals surface area contributed by atoms with Gasteiger partial charge in [0.1, 0.15) is 16.9 Å². The average Bonchev–Trinajstić information content (AvgIpc) is 3.20. The fourth-order valence-corrected chi connectivity index (χ4v) is 3.69. The van der Waals surface area contributed by atoms with E-state index in [9.17, 15) is 4.79 Å². The van der Waals surface area contributed by atoms with Gasteiger partial charge in [0.2, 0.25) is 5.65 Å². The number of pyridine rings is 2. The highest BCUT2D eigenvalue weighted by Crippen LogP contribution is 2.29. The SMILES string of the molecule is CC(C)(C)OC(=O)N1CCc2nc3c(c4ccncc4n4nnnc34)n2CC1. The van der Waals surface area contributed by atoms with Crippen LogP contribution in [-0.4, -0.2) is 64.3 Å². The fraction of sp³-hybridized carbons (Fsp3) is 0.444. The molecule has 0 fully saturated rings. The van der Waals surface area contributed by atoms with Crippen molar-refractivity contribution in [1.29, 1.82) is 0 Å². The van der Waals surface area contributed by atoms with Gasteiger partial charge in [-0.15, -0.1) is 5.10 Å². The van der Waals surface area contributed by atoms with Crippen LogP contribution in [0.15, 0.2) is 18.5 Å². The Morgan fingerprint density at radius 2 is 2.07 bits per heavy atom. The minimum absolute atomic E-state index is 0.291. The van der Waals surface area contributed by atoms with Crippen molar-refractivity contribution in [2.24, 2.45) is 0 Å². The van der Waals surface area contributed by atoms with Crippen molar-refractivity contribution in [1.82, 2.24) is 39.5 Å². The third-order valence-corrected chi connectivity index (χ3v) is 4.86. The molecule has 1 amide bonds. The minimum atomic E-state index is -0.515. The number of ether oxygens (including phenoxy) is 1. The summed E-state index contributed by atoms with van der Waals surface area (Å²) in [6.45, 7) is 7.35. The van der Waals surface area contributed by atoms with Crippen LogP contribution < -0.4 is 0 Å². The van der Waals surface area contributed by atoms with Gasteiger partial charge in [-0.25, -0.2) is 9.78 Å². The lowest BCUT2D eigenvalue weighted by atomic mass is 10.2. The molecule has 0 atom stereocenters. The van der Waals surface area contributed by atoms with Crippen LogP contribution in [0.3, 0.4) is 0 Å². The Morgan fingerprint density at radius 1 is 1.21 bits per heavy atom. The van der Waals surface area contributed by atoms with Gasteiger partial charge in [-0.1, -0.05) is 0 Å². The van der Waals surface area contributed by atoms with Crippen LogP contribution in [0.1, 0.15) is 26.6 Å². The topological polar surface area (TPSA) is 103 Å². The first-order valence-corrected chi connectivity index (χ1v) is 9.23. The maximum atomic E-state index is 12.5. The number of carbonyl (C=O) groups excluding carboxylic acids is 1. The highest BCUT2D eigenvalue weighted by molar-refractivity contribution is 6.08. The fourth-order valence-electron chi connectivity index (χ4n) is 3.69. The number of tetrazole rings is 1. The maximum Gasteiger partial charge on any atom is 0.410 e.